The van der Waals surface area contributed by atoms with Crippen LogP contribution in [0.25, 0.3) is 0 Å². The lowest BCUT2D eigenvalue weighted by molar-refractivity contribution is 0.369. The average Bonchev–Trinajstić information content (AvgIpc) is 2.63. The Morgan fingerprint density at radius 3 is 2.20 bits per heavy atom. The van der Waals surface area contributed by atoms with Gasteiger partial charge in [-0.25, -0.2) is 13.1 Å². The van der Waals surface area contributed by atoms with E-state index in [4.69, 9.17) is 5.73 Å². The highest BCUT2D eigenvalue weighted by Gasteiger charge is 2.28. The van der Waals surface area contributed by atoms with Crippen molar-refractivity contribution in [2.45, 2.75) is 55.9 Å². The average molecular weight is 296 g/mol. The maximum Gasteiger partial charge on any atom is 0.240 e. The maximum atomic E-state index is 12.2. The normalized spacial score (nSPS) is 19.5. The van der Waals surface area contributed by atoms with Crippen molar-refractivity contribution in [2.75, 3.05) is 6.54 Å². The van der Waals surface area contributed by atoms with Gasteiger partial charge in [-0.2, -0.15) is 0 Å². The molecule has 1 aliphatic carbocycles. The van der Waals surface area contributed by atoms with Gasteiger partial charge in [0, 0.05) is 12.1 Å². The summed E-state index contributed by atoms with van der Waals surface area (Å²) in [7, 11) is -3.46. The second-order valence-electron chi connectivity index (χ2n) is 5.91. The van der Waals surface area contributed by atoms with Gasteiger partial charge in [0.05, 0.1) is 4.90 Å². The highest BCUT2D eigenvalue weighted by atomic mass is 32.2. The van der Waals surface area contributed by atoms with E-state index in [1.807, 2.05) is 6.92 Å². The van der Waals surface area contributed by atoms with Gasteiger partial charge in [-0.1, -0.05) is 43.4 Å². The third kappa shape index (κ3) is 4.04. The van der Waals surface area contributed by atoms with Crippen molar-refractivity contribution in [2.24, 2.45) is 5.73 Å². The van der Waals surface area contributed by atoms with Crippen LogP contribution < -0.4 is 10.5 Å². The molecular formula is C15H24N2O2S. The van der Waals surface area contributed by atoms with Crippen LogP contribution in [-0.2, 0) is 10.0 Å². The van der Waals surface area contributed by atoms with Gasteiger partial charge in [0.2, 0.25) is 10.0 Å². The topological polar surface area (TPSA) is 72.2 Å². The van der Waals surface area contributed by atoms with Gasteiger partial charge in [-0.05, 0) is 31.9 Å². The molecule has 1 aliphatic rings. The fourth-order valence-corrected chi connectivity index (χ4v) is 3.79. The highest BCUT2D eigenvalue weighted by Crippen LogP contribution is 2.24. The molecule has 0 unspecified atom stereocenters. The van der Waals surface area contributed by atoms with E-state index in [-0.39, 0.29) is 0 Å². The smallest absolute Gasteiger partial charge is 0.240 e. The zero-order valence-electron chi connectivity index (χ0n) is 12.1. The van der Waals surface area contributed by atoms with Crippen molar-refractivity contribution in [3.63, 3.8) is 0 Å². The lowest BCUT2D eigenvalue weighted by Gasteiger charge is -2.28. The van der Waals surface area contributed by atoms with E-state index in [0.29, 0.717) is 11.4 Å². The van der Waals surface area contributed by atoms with Gasteiger partial charge in [0.25, 0.3) is 0 Å². The zero-order valence-corrected chi connectivity index (χ0v) is 12.9. The van der Waals surface area contributed by atoms with Crippen LogP contribution in [0.15, 0.2) is 29.2 Å². The lowest BCUT2D eigenvalue weighted by atomic mass is 9.92. The SMILES string of the molecule is Cc1ccc(S(=O)(=O)NCC2(N)CCCCCC2)cc1. The van der Waals surface area contributed by atoms with Crippen LogP contribution in [0.5, 0.6) is 0 Å². The summed E-state index contributed by atoms with van der Waals surface area (Å²) in [5, 5.41) is 0. The van der Waals surface area contributed by atoms with E-state index < -0.39 is 15.6 Å². The summed E-state index contributed by atoms with van der Waals surface area (Å²) >= 11 is 0. The molecule has 0 saturated heterocycles. The van der Waals surface area contributed by atoms with Crippen LogP contribution >= 0.6 is 0 Å². The molecule has 0 atom stereocenters. The quantitative estimate of drug-likeness (QED) is 0.838. The summed E-state index contributed by atoms with van der Waals surface area (Å²) < 4.78 is 27.2. The summed E-state index contributed by atoms with van der Waals surface area (Å²) in [5.74, 6) is 0. The largest absolute Gasteiger partial charge is 0.324 e. The Balaban J connectivity index is 2.03. The molecule has 1 saturated carbocycles. The van der Waals surface area contributed by atoms with Crippen LogP contribution in [-0.4, -0.2) is 20.5 Å². The maximum absolute atomic E-state index is 12.2. The molecule has 0 radical (unpaired) electrons. The van der Waals surface area contributed by atoms with Gasteiger partial charge in [-0.3, -0.25) is 0 Å². The fraction of sp³-hybridized carbons (Fsp3) is 0.600. The highest BCUT2D eigenvalue weighted by molar-refractivity contribution is 7.89. The molecule has 3 N–H and O–H groups in total. The number of sulfonamides is 1. The number of hydrogen-bond acceptors (Lipinski definition) is 3. The van der Waals surface area contributed by atoms with Crippen LogP contribution in [0.1, 0.15) is 44.1 Å². The Morgan fingerprint density at radius 1 is 1.10 bits per heavy atom. The fourth-order valence-electron chi connectivity index (χ4n) is 2.65. The first kappa shape index (κ1) is 15.5. The number of nitrogens with two attached hydrogens (primary N) is 1. The molecule has 0 bridgehead atoms. The molecule has 1 fully saturated rings. The Morgan fingerprint density at radius 2 is 1.65 bits per heavy atom. The lowest BCUT2D eigenvalue weighted by Crippen LogP contribution is -2.49. The van der Waals surface area contributed by atoms with E-state index in [2.05, 4.69) is 4.72 Å². The first-order chi connectivity index (χ1) is 9.41. The summed E-state index contributed by atoms with van der Waals surface area (Å²) in [6, 6.07) is 6.87. The first-order valence-corrected chi connectivity index (χ1v) is 8.75. The first-order valence-electron chi connectivity index (χ1n) is 7.27. The van der Waals surface area contributed by atoms with Crippen LogP contribution in [0.3, 0.4) is 0 Å². The van der Waals surface area contributed by atoms with Crippen molar-refractivity contribution < 1.29 is 8.42 Å². The number of hydrogen-bond donors (Lipinski definition) is 2. The molecule has 0 aliphatic heterocycles. The van der Waals surface area contributed by atoms with Gasteiger partial charge < -0.3 is 5.73 Å². The van der Waals surface area contributed by atoms with Gasteiger partial charge in [-0.15, -0.1) is 0 Å². The van der Waals surface area contributed by atoms with E-state index >= 15 is 0 Å². The number of benzene rings is 1. The molecule has 5 heteroatoms. The molecule has 0 spiro atoms. The zero-order chi connectivity index (χ0) is 14.6. The Bertz CT molecular complexity index is 529. The molecule has 0 amide bonds. The standard InChI is InChI=1S/C15H24N2O2S/c1-13-6-8-14(9-7-13)20(18,19)17-12-15(16)10-4-2-3-5-11-15/h6-9,17H,2-5,10-12,16H2,1H3. The third-order valence-electron chi connectivity index (χ3n) is 4.04. The molecule has 1 aromatic carbocycles. The van der Waals surface area contributed by atoms with Crippen molar-refractivity contribution in [1.29, 1.82) is 0 Å². The van der Waals surface area contributed by atoms with E-state index in [0.717, 1.165) is 31.2 Å². The van der Waals surface area contributed by atoms with Crippen molar-refractivity contribution >= 4 is 10.0 Å². The van der Waals surface area contributed by atoms with Gasteiger partial charge >= 0.3 is 0 Å². The van der Waals surface area contributed by atoms with Crippen LogP contribution in [0.2, 0.25) is 0 Å². The minimum absolute atomic E-state index is 0.306. The van der Waals surface area contributed by atoms with Crippen molar-refractivity contribution in [1.82, 2.24) is 4.72 Å². The molecule has 20 heavy (non-hydrogen) atoms. The summed E-state index contributed by atoms with van der Waals surface area (Å²) in [6.07, 6.45) is 6.35. The van der Waals surface area contributed by atoms with Crippen molar-refractivity contribution in [3.05, 3.63) is 29.8 Å². The molecule has 0 heterocycles. The summed E-state index contributed by atoms with van der Waals surface area (Å²) in [4.78, 5) is 0.306. The predicted octanol–water partition coefficient (Wildman–Crippen LogP) is 2.33. The summed E-state index contributed by atoms with van der Waals surface area (Å²) in [5.41, 5.74) is 6.99. The molecule has 1 aromatic rings. The second-order valence-corrected chi connectivity index (χ2v) is 7.68. The van der Waals surface area contributed by atoms with Gasteiger partial charge in [0.15, 0.2) is 0 Å². The Hall–Kier alpha value is -0.910. The van der Waals surface area contributed by atoms with E-state index in [1.165, 1.54) is 12.8 Å². The van der Waals surface area contributed by atoms with Crippen molar-refractivity contribution in [3.8, 4) is 0 Å². The molecule has 2 rings (SSSR count). The minimum Gasteiger partial charge on any atom is -0.324 e. The van der Waals surface area contributed by atoms with E-state index in [1.54, 1.807) is 24.3 Å². The molecule has 112 valence electrons. The summed E-state index contributed by atoms with van der Waals surface area (Å²) in [6.45, 7) is 2.26. The molecule has 0 aromatic heterocycles. The number of rotatable bonds is 4. The third-order valence-corrected chi connectivity index (χ3v) is 5.46. The van der Waals surface area contributed by atoms with Crippen LogP contribution in [0, 0.1) is 6.92 Å². The molecule has 4 nitrogen and oxygen atoms in total. The minimum atomic E-state index is -3.46. The molecular weight excluding hydrogens is 272 g/mol. The Labute approximate surface area is 121 Å². The Kier molecular flexibility index (Phi) is 4.83. The van der Waals surface area contributed by atoms with Gasteiger partial charge in [0.1, 0.15) is 0 Å². The number of aryl methyl sites for hydroxylation is 1. The monoisotopic (exact) mass is 296 g/mol. The van der Waals surface area contributed by atoms with E-state index in [9.17, 15) is 8.42 Å². The second kappa shape index (κ2) is 6.24. The predicted molar refractivity (Wildman–Crippen MR) is 81.0 cm³/mol. The number of nitrogens with one attached hydrogen (secondary N) is 1. The van der Waals surface area contributed by atoms with Crippen LogP contribution in [0.4, 0.5) is 0 Å².